The number of sulfonamides is 1. The third kappa shape index (κ3) is 2.50. The van der Waals surface area contributed by atoms with Gasteiger partial charge in [-0.3, -0.25) is 8.99 Å². The van der Waals surface area contributed by atoms with Gasteiger partial charge in [-0.25, -0.2) is 8.42 Å². The van der Waals surface area contributed by atoms with Crippen LogP contribution in [-0.4, -0.2) is 25.2 Å². The highest BCUT2D eigenvalue weighted by Crippen LogP contribution is 2.32. The largest absolute Gasteiger partial charge is 0.265 e. The molecule has 0 unspecified atom stereocenters. The molecule has 1 aromatic heterocycles. The van der Waals surface area contributed by atoms with E-state index in [1.54, 1.807) is 30.9 Å². The van der Waals surface area contributed by atoms with Gasteiger partial charge in [-0.2, -0.15) is 5.10 Å². The summed E-state index contributed by atoms with van der Waals surface area (Å²) in [5, 5.41) is 5.00. The molecule has 0 amide bonds. The molecule has 1 aromatic carbocycles. The fraction of sp³-hybridized carbons (Fsp3) is 0.400. The Bertz CT molecular complexity index is 797. The number of nitrogens with zero attached hydrogens (tertiary/aromatic N) is 3. The summed E-state index contributed by atoms with van der Waals surface area (Å²) in [6, 6.07) is 6.22. The second kappa shape index (κ2) is 5.59. The average Bonchev–Trinajstić information content (AvgIpc) is 2.82. The number of rotatable bonds is 3. The van der Waals surface area contributed by atoms with Gasteiger partial charge >= 0.3 is 0 Å². The van der Waals surface area contributed by atoms with Crippen molar-refractivity contribution in [3.8, 4) is 0 Å². The lowest BCUT2D eigenvalue weighted by molar-refractivity contribution is 0.592. The normalized spacial score (nSPS) is 14.7. The van der Waals surface area contributed by atoms with Gasteiger partial charge < -0.3 is 0 Å². The van der Waals surface area contributed by atoms with Crippen LogP contribution >= 0.6 is 11.6 Å². The molecule has 0 aliphatic heterocycles. The van der Waals surface area contributed by atoms with E-state index in [-0.39, 0.29) is 4.90 Å². The van der Waals surface area contributed by atoms with Crippen molar-refractivity contribution in [3.05, 3.63) is 40.5 Å². The molecule has 0 spiro atoms. The van der Waals surface area contributed by atoms with E-state index in [1.165, 1.54) is 16.4 Å². The summed E-state index contributed by atoms with van der Waals surface area (Å²) in [5.41, 5.74) is 2.07. The van der Waals surface area contributed by atoms with Crippen molar-refractivity contribution < 1.29 is 8.42 Å². The highest BCUT2D eigenvalue weighted by molar-refractivity contribution is 7.92. The zero-order valence-corrected chi connectivity index (χ0v) is 14.2. The van der Waals surface area contributed by atoms with Gasteiger partial charge in [-0.15, -0.1) is 0 Å². The van der Waals surface area contributed by atoms with Crippen LogP contribution in [0.15, 0.2) is 29.2 Å². The van der Waals surface area contributed by atoms with Gasteiger partial charge in [0.2, 0.25) is 0 Å². The van der Waals surface area contributed by atoms with Gasteiger partial charge in [0.25, 0.3) is 10.0 Å². The first kappa shape index (κ1) is 15.4. The Kier molecular flexibility index (Phi) is 3.91. The Morgan fingerprint density at radius 2 is 1.82 bits per heavy atom. The minimum Gasteiger partial charge on any atom is -0.253 e. The lowest BCUT2D eigenvalue weighted by atomic mass is 9.97. The van der Waals surface area contributed by atoms with Crippen LogP contribution in [0.1, 0.15) is 24.1 Å². The Morgan fingerprint density at radius 3 is 2.50 bits per heavy atom. The number of fused-ring (bicyclic) bond motifs is 1. The van der Waals surface area contributed by atoms with E-state index >= 15 is 0 Å². The maximum atomic E-state index is 12.8. The van der Waals surface area contributed by atoms with E-state index in [9.17, 15) is 8.42 Å². The van der Waals surface area contributed by atoms with Gasteiger partial charge in [-0.05, 0) is 49.9 Å². The molecule has 1 aliphatic carbocycles. The topological polar surface area (TPSA) is 55.2 Å². The lowest BCUT2D eigenvalue weighted by Gasteiger charge is -2.22. The first-order valence-electron chi connectivity index (χ1n) is 7.20. The molecule has 3 rings (SSSR count). The van der Waals surface area contributed by atoms with Crippen LogP contribution < -0.4 is 4.31 Å². The Balaban J connectivity index is 2.05. The third-order valence-electron chi connectivity index (χ3n) is 4.06. The van der Waals surface area contributed by atoms with Crippen LogP contribution in [0.3, 0.4) is 0 Å². The molecular weight excluding hydrogens is 322 g/mol. The predicted molar refractivity (Wildman–Crippen MR) is 86.9 cm³/mol. The van der Waals surface area contributed by atoms with Gasteiger partial charge in [0.05, 0.1) is 10.6 Å². The first-order valence-corrected chi connectivity index (χ1v) is 9.02. The van der Waals surface area contributed by atoms with Crippen molar-refractivity contribution >= 4 is 27.4 Å². The molecule has 0 fully saturated rings. The number of anilines is 1. The van der Waals surface area contributed by atoms with Crippen LogP contribution in [0, 0.1) is 0 Å². The first-order chi connectivity index (χ1) is 10.4. The number of benzene rings is 1. The monoisotopic (exact) mass is 339 g/mol. The molecule has 0 saturated heterocycles. The van der Waals surface area contributed by atoms with E-state index in [2.05, 4.69) is 5.10 Å². The summed E-state index contributed by atoms with van der Waals surface area (Å²) in [4.78, 5) is 0.227. The van der Waals surface area contributed by atoms with Crippen LogP contribution in [0.2, 0.25) is 5.02 Å². The highest BCUT2D eigenvalue weighted by atomic mass is 35.5. The maximum absolute atomic E-state index is 12.8. The summed E-state index contributed by atoms with van der Waals surface area (Å²) >= 11 is 5.84. The van der Waals surface area contributed by atoms with Crippen LogP contribution in [-0.2, 0) is 29.9 Å². The Hall–Kier alpha value is -1.53. The summed E-state index contributed by atoms with van der Waals surface area (Å²) < 4.78 is 28.6. The molecule has 0 radical (unpaired) electrons. The van der Waals surface area contributed by atoms with Gasteiger partial charge in [0, 0.05) is 24.7 Å². The summed E-state index contributed by atoms with van der Waals surface area (Å²) in [6.07, 6.45) is 3.97. The molecule has 1 aliphatic rings. The molecule has 22 heavy (non-hydrogen) atoms. The standard InChI is InChI=1S/C15H18ClN3O2S/c1-18-15(13-5-3-4-6-14(13)17-18)19(2)22(20,21)12-9-7-11(16)8-10-12/h7-10H,3-6H2,1-2H3. The second-order valence-corrected chi connectivity index (χ2v) is 7.91. The average molecular weight is 340 g/mol. The third-order valence-corrected chi connectivity index (χ3v) is 6.07. The van der Waals surface area contributed by atoms with E-state index < -0.39 is 10.0 Å². The number of aryl methyl sites for hydroxylation is 2. The number of hydrogen-bond acceptors (Lipinski definition) is 3. The molecule has 0 bridgehead atoms. The van der Waals surface area contributed by atoms with E-state index in [1.807, 2.05) is 0 Å². The molecule has 1 heterocycles. The number of hydrogen-bond donors (Lipinski definition) is 0. The van der Waals surface area contributed by atoms with Crippen LogP contribution in [0.4, 0.5) is 5.82 Å². The van der Waals surface area contributed by atoms with E-state index in [4.69, 9.17) is 11.6 Å². The number of halogens is 1. The van der Waals surface area contributed by atoms with Crippen molar-refractivity contribution in [2.24, 2.45) is 7.05 Å². The summed E-state index contributed by atoms with van der Waals surface area (Å²) in [6.45, 7) is 0. The molecule has 7 heteroatoms. The predicted octanol–water partition coefficient (Wildman–Crippen LogP) is 2.78. The molecular formula is C15H18ClN3O2S. The Morgan fingerprint density at radius 1 is 1.18 bits per heavy atom. The smallest absolute Gasteiger partial charge is 0.253 e. The quantitative estimate of drug-likeness (QED) is 0.864. The van der Waals surface area contributed by atoms with Crippen LogP contribution in [0.25, 0.3) is 0 Å². The van der Waals surface area contributed by atoms with Crippen LogP contribution in [0.5, 0.6) is 0 Å². The molecule has 0 N–H and O–H groups in total. The molecule has 2 aromatic rings. The molecule has 5 nitrogen and oxygen atoms in total. The lowest BCUT2D eigenvalue weighted by Crippen LogP contribution is -2.29. The summed E-state index contributed by atoms with van der Waals surface area (Å²) in [7, 11) is -0.248. The maximum Gasteiger partial charge on any atom is 0.265 e. The van der Waals surface area contributed by atoms with Crippen molar-refractivity contribution in [1.82, 2.24) is 9.78 Å². The van der Waals surface area contributed by atoms with E-state index in [0.29, 0.717) is 10.8 Å². The SMILES string of the molecule is CN(c1c2c(nn1C)CCCC2)S(=O)(=O)c1ccc(Cl)cc1. The van der Waals surface area contributed by atoms with Crippen molar-refractivity contribution in [2.45, 2.75) is 30.6 Å². The van der Waals surface area contributed by atoms with Gasteiger partial charge in [0.15, 0.2) is 0 Å². The number of aromatic nitrogens is 2. The minimum absolute atomic E-state index is 0.227. The fourth-order valence-electron chi connectivity index (χ4n) is 2.94. The van der Waals surface area contributed by atoms with Crippen molar-refractivity contribution in [2.75, 3.05) is 11.4 Å². The van der Waals surface area contributed by atoms with Gasteiger partial charge in [-0.1, -0.05) is 11.6 Å². The van der Waals surface area contributed by atoms with Gasteiger partial charge in [0.1, 0.15) is 5.82 Å². The minimum atomic E-state index is -3.62. The van der Waals surface area contributed by atoms with E-state index in [0.717, 1.165) is 36.9 Å². The zero-order chi connectivity index (χ0) is 15.9. The van der Waals surface area contributed by atoms with Crippen molar-refractivity contribution in [1.29, 1.82) is 0 Å². The van der Waals surface area contributed by atoms with Crippen molar-refractivity contribution in [3.63, 3.8) is 0 Å². The zero-order valence-electron chi connectivity index (χ0n) is 12.6. The molecule has 118 valence electrons. The highest BCUT2D eigenvalue weighted by Gasteiger charge is 2.29. The fourth-order valence-corrected chi connectivity index (χ4v) is 4.31. The second-order valence-electron chi connectivity index (χ2n) is 5.51. The molecule has 0 atom stereocenters. The Labute approximate surface area is 135 Å². The summed E-state index contributed by atoms with van der Waals surface area (Å²) in [5.74, 6) is 0.657. The molecule has 0 saturated carbocycles.